The number of furan rings is 1. The summed E-state index contributed by atoms with van der Waals surface area (Å²) in [5.41, 5.74) is 0. The normalized spacial score (nSPS) is 15.5. The summed E-state index contributed by atoms with van der Waals surface area (Å²) < 4.78 is 10.3. The van der Waals surface area contributed by atoms with Crippen LogP contribution in [0.5, 0.6) is 0 Å². The van der Waals surface area contributed by atoms with Crippen LogP contribution in [0.4, 0.5) is 0 Å². The van der Waals surface area contributed by atoms with E-state index in [2.05, 4.69) is 10.2 Å². The second kappa shape index (κ2) is 8.55. The third-order valence-corrected chi connectivity index (χ3v) is 3.65. The predicted molar refractivity (Wildman–Crippen MR) is 80.6 cm³/mol. The van der Waals surface area contributed by atoms with Gasteiger partial charge in [0, 0.05) is 46.2 Å². The fourth-order valence-electron chi connectivity index (χ4n) is 2.31. The number of carbonyl (C=O) groups excluding carboxylic acids is 2. The van der Waals surface area contributed by atoms with Gasteiger partial charge in [0.15, 0.2) is 5.76 Å². The fraction of sp³-hybridized carbons (Fsp3) is 0.600. The Kier molecular flexibility index (Phi) is 6.42. The number of hydrogen-bond donors (Lipinski definition) is 1. The molecule has 2 heterocycles. The van der Waals surface area contributed by atoms with Crippen molar-refractivity contribution in [3.63, 3.8) is 0 Å². The van der Waals surface area contributed by atoms with Gasteiger partial charge in [-0.2, -0.15) is 0 Å². The molecule has 2 amide bonds. The van der Waals surface area contributed by atoms with Crippen molar-refractivity contribution in [3.05, 3.63) is 24.2 Å². The Labute approximate surface area is 130 Å². The lowest BCUT2D eigenvalue weighted by atomic mass is 10.3. The second-order valence-corrected chi connectivity index (χ2v) is 5.19. The van der Waals surface area contributed by atoms with Crippen molar-refractivity contribution >= 4 is 11.8 Å². The van der Waals surface area contributed by atoms with E-state index < -0.39 is 0 Å². The third-order valence-electron chi connectivity index (χ3n) is 3.65. The summed E-state index contributed by atoms with van der Waals surface area (Å²) in [4.78, 5) is 27.4. The molecule has 0 spiro atoms. The average molecular weight is 309 g/mol. The van der Waals surface area contributed by atoms with Gasteiger partial charge in [0.1, 0.15) is 0 Å². The number of amides is 2. The molecule has 1 aliphatic heterocycles. The zero-order chi connectivity index (χ0) is 15.8. The molecule has 0 unspecified atom stereocenters. The summed E-state index contributed by atoms with van der Waals surface area (Å²) in [6.45, 7) is 7.24. The maximum Gasteiger partial charge on any atom is 0.287 e. The number of nitrogens with one attached hydrogen (secondary N) is 1. The van der Waals surface area contributed by atoms with Gasteiger partial charge >= 0.3 is 0 Å². The van der Waals surface area contributed by atoms with Crippen LogP contribution in [-0.2, 0) is 9.53 Å². The van der Waals surface area contributed by atoms with Gasteiger partial charge in [0.2, 0.25) is 5.91 Å². The molecule has 1 saturated heterocycles. The standard InChI is InChI=1S/C15H23N3O4/c1-13(19)18(7-6-17-8-11-21-12-9-17)5-4-16-15(20)14-3-2-10-22-14/h2-3,10H,4-9,11-12H2,1H3,(H,16,20). The molecule has 2 rings (SSSR count). The molecule has 1 N–H and O–H groups in total. The molecule has 0 atom stereocenters. The SMILES string of the molecule is CC(=O)N(CCNC(=O)c1ccco1)CCN1CCOCC1. The van der Waals surface area contributed by atoms with E-state index in [9.17, 15) is 9.59 Å². The molecule has 7 nitrogen and oxygen atoms in total. The van der Waals surface area contributed by atoms with Crippen LogP contribution < -0.4 is 5.32 Å². The van der Waals surface area contributed by atoms with Gasteiger partial charge in [-0.3, -0.25) is 14.5 Å². The molecule has 0 saturated carbocycles. The molecule has 122 valence electrons. The minimum atomic E-state index is -0.262. The first kappa shape index (κ1) is 16.5. The van der Waals surface area contributed by atoms with E-state index in [0.717, 1.165) is 32.8 Å². The van der Waals surface area contributed by atoms with Crippen molar-refractivity contribution in [1.29, 1.82) is 0 Å². The van der Waals surface area contributed by atoms with Crippen molar-refractivity contribution in [3.8, 4) is 0 Å². The number of nitrogens with zero attached hydrogens (tertiary/aromatic N) is 2. The van der Waals surface area contributed by atoms with Crippen LogP contribution in [-0.4, -0.2) is 74.1 Å². The quantitative estimate of drug-likeness (QED) is 0.778. The van der Waals surface area contributed by atoms with Crippen LogP contribution in [0.25, 0.3) is 0 Å². The lowest BCUT2D eigenvalue weighted by molar-refractivity contribution is -0.129. The Morgan fingerprint density at radius 2 is 2.09 bits per heavy atom. The number of morpholine rings is 1. The molecule has 1 aromatic rings. The summed E-state index contributed by atoms with van der Waals surface area (Å²) in [6, 6.07) is 3.27. The van der Waals surface area contributed by atoms with E-state index in [0.29, 0.717) is 19.6 Å². The van der Waals surface area contributed by atoms with Gasteiger partial charge in [-0.15, -0.1) is 0 Å². The van der Waals surface area contributed by atoms with Crippen molar-refractivity contribution in [1.82, 2.24) is 15.1 Å². The highest BCUT2D eigenvalue weighted by molar-refractivity contribution is 5.91. The Morgan fingerprint density at radius 1 is 1.32 bits per heavy atom. The fourth-order valence-corrected chi connectivity index (χ4v) is 2.31. The highest BCUT2D eigenvalue weighted by Gasteiger charge is 2.14. The van der Waals surface area contributed by atoms with Gasteiger partial charge in [-0.25, -0.2) is 0 Å². The van der Waals surface area contributed by atoms with Crippen molar-refractivity contribution in [2.45, 2.75) is 6.92 Å². The van der Waals surface area contributed by atoms with E-state index in [4.69, 9.17) is 9.15 Å². The highest BCUT2D eigenvalue weighted by Crippen LogP contribution is 2.00. The van der Waals surface area contributed by atoms with Crippen LogP contribution in [0, 0.1) is 0 Å². The lowest BCUT2D eigenvalue weighted by Gasteiger charge is -2.29. The number of rotatable bonds is 7. The van der Waals surface area contributed by atoms with Crippen LogP contribution in [0.2, 0.25) is 0 Å². The first-order chi connectivity index (χ1) is 10.7. The zero-order valence-corrected chi connectivity index (χ0v) is 12.9. The summed E-state index contributed by atoms with van der Waals surface area (Å²) >= 11 is 0. The summed E-state index contributed by atoms with van der Waals surface area (Å²) in [5, 5.41) is 2.75. The Bertz CT molecular complexity index is 469. The van der Waals surface area contributed by atoms with E-state index >= 15 is 0 Å². The lowest BCUT2D eigenvalue weighted by Crippen LogP contribution is -2.44. The molecular weight excluding hydrogens is 286 g/mol. The molecule has 7 heteroatoms. The Morgan fingerprint density at radius 3 is 2.73 bits per heavy atom. The predicted octanol–water partition coefficient (Wildman–Crippen LogP) is 0.190. The molecule has 0 aromatic carbocycles. The second-order valence-electron chi connectivity index (χ2n) is 5.19. The first-order valence-corrected chi connectivity index (χ1v) is 7.54. The van der Waals surface area contributed by atoms with Crippen LogP contribution in [0.15, 0.2) is 22.8 Å². The van der Waals surface area contributed by atoms with E-state index in [1.165, 1.54) is 6.26 Å². The highest BCUT2D eigenvalue weighted by atomic mass is 16.5. The van der Waals surface area contributed by atoms with E-state index in [1.807, 2.05) is 0 Å². The van der Waals surface area contributed by atoms with Gasteiger partial charge in [0.05, 0.1) is 19.5 Å². The number of carbonyl (C=O) groups is 2. The largest absolute Gasteiger partial charge is 0.459 e. The van der Waals surface area contributed by atoms with Gasteiger partial charge in [-0.1, -0.05) is 0 Å². The van der Waals surface area contributed by atoms with Crippen LogP contribution in [0.3, 0.4) is 0 Å². The maximum atomic E-state index is 11.7. The topological polar surface area (TPSA) is 75.0 Å². The molecule has 1 fully saturated rings. The Hall–Kier alpha value is -1.86. The molecule has 22 heavy (non-hydrogen) atoms. The molecule has 0 radical (unpaired) electrons. The summed E-state index contributed by atoms with van der Waals surface area (Å²) in [7, 11) is 0. The molecule has 0 aliphatic carbocycles. The number of ether oxygens (including phenoxy) is 1. The van der Waals surface area contributed by atoms with Gasteiger partial charge in [-0.05, 0) is 12.1 Å². The molecule has 0 bridgehead atoms. The van der Waals surface area contributed by atoms with E-state index in [1.54, 1.807) is 24.0 Å². The van der Waals surface area contributed by atoms with Crippen LogP contribution >= 0.6 is 0 Å². The third kappa shape index (κ3) is 5.16. The first-order valence-electron chi connectivity index (χ1n) is 7.54. The smallest absolute Gasteiger partial charge is 0.287 e. The minimum absolute atomic E-state index is 0.0144. The summed E-state index contributed by atoms with van der Waals surface area (Å²) in [6.07, 6.45) is 1.46. The molecular formula is C15H23N3O4. The maximum absolute atomic E-state index is 11.7. The minimum Gasteiger partial charge on any atom is -0.459 e. The van der Waals surface area contributed by atoms with Crippen molar-refractivity contribution in [2.75, 3.05) is 52.5 Å². The van der Waals surface area contributed by atoms with E-state index in [-0.39, 0.29) is 17.6 Å². The van der Waals surface area contributed by atoms with Gasteiger partial charge < -0.3 is 19.4 Å². The van der Waals surface area contributed by atoms with Gasteiger partial charge in [0.25, 0.3) is 5.91 Å². The molecule has 1 aromatic heterocycles. The monoisotopic (exact) mass is 309 g/mol. The summed E-state index contributed by atoms with van der Waals surface area (Å²) in [5.74, 6) is 0.0323. The van der Waals surface area contributed by atoms with Crippen molar-refractivity contribution < 1.29 is 18.7 Å². The van der Waals surface area contributed by atoms with Crippen LogP contribution in [0.1, 0.15) is 17.5 Å². The zero-order valence-electron chi connectivity index (χ0n) is 12.9. The average Bonchev–Trinajstić information content (AvgIpc) is 3.05. The Balaban J connectivity index is 1.69. The van der Waals surface area contributed by atoms with Crippen molar-refractivity contribution in [2.24, 2.45) is 0 Å². The number of hydrogen-bond acceptors (Lipinski definition) is 5. The molecule has 1 aliphatic rings.